The van der Waals surface area contributed by atoms with Gasteiger partial charge in [0.2, 0.25) is 5.91 Å². The van der Waals surface area contributed by atoms with Gasteiger partial charge in [0.1, 0.15) is 0 Å². The van der Waals surface area contributed by atoms with Gasteiger partial charge in [-0.3, -0.25) is 38.7 Å². The lowest BCUT2D eigenvalue weighted by Crippen LogP contribution is -2.46. The Hall–Kier alpha value is -4.66. The summed E-state index contributed by atoms with van der Waals surface area (Å²) in [6.07, 6.45) is 0. The van der Waals surface area contributed by atoms with Crippen LogP contribution < -0.4 is 5.32 Å². The molecular formula is C27H31N5O9. The highest BCUT2D eigenvalue weighted by molar-refractivity contribution is 6.12. The van der Waals surface area contributed by atoms with Crippen molar-refractivity contribution < 1.29 is 44.4 Å². The zero-order valence-corrected chi connectivity index (χ0v) is 22.1. The van der Waals surface area contributed by atoms with Crippen LogP contribution in [0.4, 0.5) is 5.69 Å². The van der Waals surface area contributed by atoms with Gasteiger partial charge in [-0.1, -0.05) is 36.4 Å². The number of nitrogens with one attached hydrogen (secondary N) is 1. The van der Waals surface area contributed by atoms with Crippen molar-refractivity contribution in [1.82, 2.24) is 19.7 Å². The number of carbonyl (C=O) groups is 5. The van der Waals surface area contributed by atoms with Gasteiger partial charge in [-0.25, -0.2) is 4.98 Å². The van der Waals surface area contributed by atoms with Crippen molar-refractivity contribution >= 4 is 57.3 Å². The van der Waals surface area contributed by atoms with E-state index in [0.29, 0.717) is 27.5 Å². The molecule has 218 valence electrons. The molecule has 0 bridgehead atoms. The van der Waals surface area contributed by atoms with Gasteiger partial charge in [0, 0.05) is 37.0 Å². The number of pyridine rings is 1. The number of anilines is 1. The molecule has 1 aromatic heterocycles. The van der Waals surface area contributed by atoms with Crippen LogP contribution in [0.3, 0.4) is 0 Å². The SMILES string of the molecule is O=C(O)CN(CCN(CC(=O)O)CC(=O)O)CCN(CC(=O)O)CC(=O)Nc1c2ccccc2nc2ccccc12. The van der Waals surface area contributed by atoms with Crippen molar-refractivity contribution in [2.45, 2.75) is 0 Å². The first-order valence-electron chi connectivity index (χ1n) is 12.6. The van der Waals surface area contributed by atoms with Gasteiger partial charge in [0.05, 0.1) is 49.4 Å². The van der Waals surface area contributed by atoms with E-state index >= 15 is 0 Å². The number of fused-ring (bicyclic) bond motifs is 2. The number of amides is 1. The molecular weight excluding hydrogens is 538 g/mol. The Morgan fingerprint density at radius 2 is 0.927 bits per heavy atom. The topological polar surface area (TPSA) is 201 Å². The molecule has 3 aromatic rings. The molecule has 0 atom stereocenters. The molecule has 0 spiro atoms. The Labute approximate surface area is 234 Å². The number of carboxylic acids is 4. The zero-order chi connectivity index (χ0) is 29.9. The smallest absolute Gasteiger partial charge is 0.317 e. The van der Waals surface area contributed by atoms with Gasteiger partial charge in [-0.15, -0.1) is 0 Å². The molecule has 1 amide bonds. The number of nitrogens with zero attached hydrogens (tertiary/aromatic N) is 4. The lowest BCUT2D eigenvalue weighted by atomic mass is 10.1. The largest absolute Gasteiger partial charge is 0.480 e. The Kier molecular flexibility index (Phi) is 11.0. The lowest BCUT2D eigenvalue weighted by molar-refractivity contribution is -0.143. The third-order valence-corrected chi connectivity index (χ3v) is 6.12. The molecule has 0 aliphatic rings. The summed E-state index contributed by atoms with van der Waals surface area (Å²) in [7, 11) is 0. The van der Waals surface area contributed by atoms with E-state index in [1.807, 2.05) is 48.5 Å². The maximum atomic E-state index is 13.1. The van der Waals surface area contributed by atoms with Gasteiger partial charge in [-0.05, 0) is 12.1 Å². The molecule has 5 N–H and O–H groups in total. The molecule has 41 heavy (non-hydrogen) atoms. The second kappa shape index (κ2) is 14.6. The van der Waals surface area contributed by atoms with Crippen molar-refractivity contribution in [3.8, 4) is 0 Å². The van der Waals surface area contributed by atoms with Crippen LogP contribution in [-0.2, 0) is 24.0 Å². The Bertz CT molecular complexity index is 1360. The molecule has 0 saturated heterocycles. The lowest BCUT2D eigenvalue weighted by Gasteiger charge is -2.27. The fraction of sp³-hybridized carbons (Fsp3) is 0.333. The van der Waals surface area contributed by atoms with E-state index in [-0.39, 0.29) is 32.7 Å². The number of carboxylic acid groups (broad SMARTS) is 4. The van der Waals surface area contributed by atoms with E-state index in [0.717, 1.165) is 4.90 Å². The number of aromatic nitrogens is 1. The van der Waals surface area contributed by atoms with Gasteiger partial charge in [0.15, 0.2) is 0 Å². The molecule has 1 heterocycles. The fourth-order valence-electron chi connectivity index (χ4n) is 4.39. The molecule has 0 saturated carbocycles. The average Bonchev–Trinajstić information content (AvgIpc) is 2.88. The first-order chi connectivity index (χ1) is 19.5. The first-order valence-corrected chi connectivity index (χ1v) is 12.6. The normalized spacial score (nSPS) is 11.4. The molecule has 0 aliphatic heterocycles. The van der Waals surface area contributed by atoms with Crippen molar-refractivity contribution in [1.29, 1.82) is 0 Å². The quantitative estimate of drug-likeness (QED) is 0.141. The van der Waals surface area contributed by atoms with Crippen LogP contribution in [0.1, 0.15) is 0 Å². The Morgan fingerprint density at radius 3 is 1.37 bits per heavy atom. The number of rotatable bonds is 17. The molecule has 14 heteroatoms. The van der Waals surface area contributed by atoms with E-state index in [1.165, 1.54) is 9.80 Å². The van der Waals surface area contributed by atoms with Crippen molar-refractivity contribution in [2.75, 3.05) is 64.2 Å². The number of benzene rings is 2. The maximum absolute atomic E-state index is 13.1. The molecule has 0 aliphatic carbocycles. The minimum absolute atomic E-state index is 0.00268. The van der Waals surface area contributed by atoms with Crippen LogP contribution in [0.2, 0.25) is 0 Å². The predicted molar refractivity (Wildman–Crippen MR) is 148 cm³/mol. The number of carbonyl (C=O) groups excluding carboxylic acids is 1. The second-order valence-electron chi connectivity index (χ2n) is 9.34. The minimum atomic E-state index is -1.23. The minimum Gasteiger partial charge on any atom is -0.480 e. The Balaban J connectivity index is 1.72. The van der Waals surface area contributed by atoms with Crippen LogP contribution >= 0.6 is 0 Å². The maximum Gasteiger partial charge on any atom is 0.317 e. The van der Waals surface area contributed by atoms with Gasteiger partial charge in [0.25, 0.3) is 0 Å². The summed E-state index contributed by atoms with van der Waals surface area (Å²) >= 11 is 0. The molecule has 0 fully saturated rings. The van der Waals surface area contributed by atoms with Crippen molar-refractivity contribution in [2.24, 2.45) is 0 Å². The molecule has 0 unspecified atom stereocenters. The van der Waals surface area contributed by atoms with Gasteiger partial charge in [-0.2, -0.15) is 0 Å². The number of hydrogen-bond donors (Lipinski definition) is 5. The summed E-state index contributed by atoms with van der Waals surface area (Å²) < 4.78 is 0. The monoisotopic (exact) mass is 569 g/mol. The summed E-state index contributed by atoms with van der Waals surface area (Å²) in [6.45, 7) is -2.34. The summed E-state index contributed by atoms with van der Waals surface area (Å²) in [4.78, 5) is 66.8. The summed E-state index contributed by atoms with van der Waals surface area (Å²) in [5.74, 6) is -5.30. The summed E-state index contributed by atoms with van der Waals surface area (Å²) in [5, 5.41) is 41.1. The standard InChI is InChI=1S/C27H31N5O9/c33-22(29-27-18-5-1-3-7-20(18)28-21-8-4-2-6-19(21)27)13-31(15-24(36)37)11-9-30(14-23(34)35)10-12-32(16-25(38)39)17-26(40)41/h1-8H,9-17H2,(H,34,35)(H,36,37)(H,38,39)(H,40,41)(H,28,29,33). The van der Waals surface area contributed by atoms with Gasteiger partial charge < -0.3 is 25.7 Å². The second-order valence-corrected chi connectivity index (χ2v) is 9.34. The molecule has 3 rings (SSSR count). The van der Waals surface area contributed by atoms with E-state index < -0.39 is 56.0 Å². The molecule has 2 aromatic carbocycles. The zero-order valence-electron chi connectivity index (χ0n) is 22.1. The number of aliphatic carboxylic acids is 4. The Morgan fingerprint density at radius 1 is 0.561 bits per heavy atom. The van der Waals surface area contributed by atoms with Crippen LogP contribution in [0, 0.1) is 0 Å². The van der Waals surface area contributed by atoms with Gasteiger partial charge >= 0.3 is 23.9 Å². The molecule has 14 nitrogen and oxygen atoms in total. The van der Waals surface area contributed by atoms with Crippen LogP contribution in [0.15, 0.2) is 48.5 Å². The van der Waals surface area contributed by atoms with E-state index in [9.17, 15) is 34.2 Å². The van der Waals surface area contributed by atoms with Crippen LogP contribution in [0.25, 0.3) is 21.8 Å². The average molecular weight is 570 g/mol. The fourth-order valence-corrected chi connectivity index (χ4v) is 4.39. The van der Waals surface area contributed by atoms with E-state index in [1.54, 1.807) is 0 Å². The third kappa shape index (κ3) is 9.79. The molecule has 0 radical (unpaired) electrons. The number of hydrogen-bond acceptors (Lipinski definition) is 9. The highest BCUT2D eigenvalue weighted by atomic mass is 16.4. The number of para-hydroxylation sites is 2. The highest BCUT2D eigenvalue weighted by Gasteiger charge is 2.20. The van der Waals surface area contributed by atoms with E-state index in [2.05, 4.69) is 10.3 Å². The highest BCUT2D eigenvalue weighted by Crippen LogP contribution is 2.30. The summed E-state index contributed by atoms with van der Waals surface area (Å²) in [6, 6.07) is 14.6. The van der Waals surface area contributed by atoms with Crippen molar-refractivity contribution in [3.05, 3.63) is 48.5 Å². The van der Waals surface area contributed by atoms with Crippen molar-refractivity contribution in [3.63, 3.8) is 0 Å². The third-order valence-electron chi connectivity index (χ3n) is 6.12. The predicted octanol–water partition coefficient (Wildman–Crippen LogP) is 0.571. The summed E-state index contributed by atoms with van der Waals surface area (Å²) in [5.41, 5.74) is 1.89. The van der Waals surface area contributed by atoms with Crippen LogP contribution in [-0.4, -0.2) is 129 Å². The van der Waals surface area contributed by atoms with Crippen LogP contribution in [0.5, 0.6) is 0 Å². The van der Waals surface area contributed by atoms with E-state index in [4.69, 9.17) is 10.2 Å². The first kappa shape index (κ1) is 30.9.